The second kappa shape index (κ2) is 9.60. The largest absolute Gasteiger partial charge is 0.491 e. The standard InChI is InChI=1S/C29H25NO5/c31-18-20-35-24-15-11-22(12-16-24)29(21-9-13-23(14-10-21)34-19-17-30(32)33)27-7-3-1-5-25(27)26-6-2-4-8-28(26)29/h1-16,31H,17-20H2. The zero-order chi connectivity index (χ0) is 24.3. The summed E-state index contributed by atoms with van der Waals surface area (Å²) in [5, 5.41) is 19.7. The lowest BCUT2D eigenvalue weighted by Crippen LogP contribution is -2.28. The zero-order valence-corrected chi connectivity index (χ0v) is 19.1. The maximum atomic E-state index is 10.6. The van der Waals surface area contributed by atoms with Crippen LogP contribution in [0.3, 0.4) is 0 Å². The summed E-state index contributed by atoms with van der Waals surface area (Å²) >= 11 is 0. The van der Waals surface area contributed by atoms with E-state index in [9.17, 15) is 10.1 Å². The fourth-order valence-electron chi connectivity index (χ4n) is 5.03. The Balaban J connectivity index is 1.65. The Bertz CT molecular complexity index is 1290. The summed E-state index contributed by atoms with van der Waals surface area (Å²) in [5.41, 5.74) is 6.36. The van der Waals surface area contributed by atoms with Crippen LogP contribution in [0.5, 0.6) is 11.5 Å². The summed E-state index contributed by atoms with van der Waals surface area (Å²) in [6, 6.07) is 32.8. The highest BCUT2D eigenvalue weighted by Gasteiger charge is 2.45. The van der Waals surface area contributed by atoms with E-state index in [1.807, 2.05) is 36.4 Å². The summed E-state index contributed by atoms with van der Waals surface area (Å²) in [7, 11) is 0. The van der Waals surface area contributed by atoms with Crippen molar-refractivity contribution < 1.29 is 19.5 Å². The normalized spacial score (nSPS) is 13.1. The predicted octanol–water partition coefficient (Wildman–Crippen LogP) is 5.08. The highest BCUT2D eigenvalue weighted by molar-refractivity contribution is 5.86. The van der Waals surface area contributed by atoms with E-state index in [2.05, 4.69) is 60.7 Å². The molecule has 1 aliphatic carbocycles. The van der Waals surface area contributed by atoms with Crippen molar-refractivity contribution in [1.29, 1.82) is 0 Å². The van der Waals surface area contributed by atoms with Crippen LogP contribution < -0.4 is 9.47 Å². The fraction of sp³-hybridized carbons (Fsp3) is 0.172. The molecule has 0 atom stereocenters. The highest BCUT2D eigenvalue weighted by atomic mass is 16.6. The molecular weight excluding hydrogens is 442 g/mol. The van der Waals surface area contributed by atoms with Crippen molar-refractivity contribution in [3.8, 4) is 22.6 Å². The van der Waals surface area contributed by atoms with Crippen molar-refractivity contribution in [3.05, 3.63) is 129 Å². The van der Waals surface area contributed by atoms with Gasteiger partial charge in [-0.05, 0) is 57.6 Å². The van der Waals surface area contributed by atoms with Gasteiger partial charge in [-0.15, -0.1) is 0 Å². The topological polar surface area (TPSA) is 81.8 Å². The minimum Gasteiger partial charge on any atom is -0.491 e. The van der Waals surface area contributed by atoms with Gasteiger partial charge in [-0.2, -0.15) is 0 Å². The molecule has 4 aromatic rings. The van der Waals surface area contributed by atoms with E-state index < -0.39 is 5.41 Å². The molecule has 6 heteroatoms. The number of aliphatic hydroxyl groups is 1. The van der Waals surface area contributed by atoms with E-state index in [0.717, 1.165) is 11.1 Å². The molecule has 35 heavy (non-hydrogen) atoms. The maximum absolute atomic E-state index is 10.6. The van der Waals surface area contributed by atoms with Crippen LogP contribution in [0.4, 0.5) is 0 Å². The average Bonchev–Trinajstić information content (AvgIpc) is 3.19. The highest BCUT2D eigenvalue weighted by Crippen LogP contribution is 2.56. The quantitative estimate of drug-likeness (QED) is 0.242. The minimum absolute atomic E-state index is 0.0262. The first-order chi connectivity index (χ1) is 17.1. The number of hydrogen-bond donors (Lipinski definition) is 1. The third-order valence-electron chi connectivity index (χ3n) is 6.43. The lowest BCUT2D eigenvalue weighted by Gasteiger charge is -2.34. The van der Waals surface area contributed by atoms with Crippen LogP contribution in [-0.4, -0.2) is 36.4 Å². The number of nitro groups is 1. The minimum atomic E-state index is -0.554. The lowest BCUT2D eigenvalue weighted by atomic mass is 9.68. The number of ether oxygens (including phenoxy) is 2. The Morgan fingerprint density at radius 2 is 1.14 bits per heavy atom. The first-order valence-corrected chi connectivity index (χ1v) is 11.5. The van der Waals surface area contributed by atoms with Gasteiger partial charge in [0.1, 0.15) is 18.1 Å². The first kappa shape index (κ1) is 22.6. The third kappa shape index (κ3) is 4.02. The van der Waals surface area contributed by atoms with E-state index in [1.54, 1.807) is 0 Å². The van der Waals surface area contributed by atoms with Crippen molar-refractivity contribution in [2.45, 2.75) is 5.41 Å². The zero-order valence-electron chi connectivity index (χ0n) is 19.1. The van der Waals surface area contributed by atoms with Crippen LogP contribution in [0.25, 0.3) is 11.1 Å². The van der Waals surface area contributed by atoms with Crippen LogP contribution >= 0.6 is 0 Å². The summed E-state index contributed by atoms with van der Waals surface area (Å²) in [4.78, 5) is 10.3. The van der Waals surface area contributed by atoms with E-state index in [0.29, 0.717) is 11.5 Å². The van der Waals surface area contributed by atoms with Crippen LogP contribution in [0.1, 0.15) is 22.3 Å². The summed E-state index contributed by atoms with van der Waals surface area (Å²) in [6.07, 6.45) is 0. The number of benzene rings is 4. The molecule has 6 nitrogen and oxygen atoms in total. The monoisotopic (exact) mass is 467 g/mol. The Morgan fingerprint density at radius 3 is 1.60 bits per heavy atom. The first-order valence-electron chi connectivity index (χ1n) is 11.5. The van der Waals surface area contributed by atoms with Gasteiger partial charge in [0.15, 0.2) is 6.61 Å². The molecule has 0 saturated carbocycles. The predicted molar refractivity (Wildman–Crippen MR) is 134 cm³/mol. The molecule has 4 aromatic carbocycles. The van der Waals surface area contributed by atoms with Gasteiger partial charge in [0.2, 0.25) is 6.54 Å². The Labute approximate surface area is 203 Å². The lowest BCUT2D eigenvalue weighted by molar-refractivity contribution is -0.481. The van der Waals surface area contributed by atoms with Crippen molar-refractivity contribution in [3.63, 3.8) is 0 Å². The smallest absolute Gasteiger partial charge is 0.237 e. The maximum Gasteiger partial charge on any atom is 0.237 e. The number of hydrogen-bond acceptors (Lipinski definition) is 5. The third-order valence-corrected chi connectivity index (χ3v) is 6.43. The molecule has 0 bridgehead atoms. The second-order valence-electron chi connectivity index (χ2n) is 8.37. The molecule has 0 saturated heterocycles. The van der Waals surface area contributed by atoms with Crippen LogP contribution in [0.15, 0.2) is 97.1 Å². The molecule has 1 N–H and O–H groups in total. The number of nitrogens with zero attached hydrogens (tertiary/aromatic N) is 1. The van der Waals surface area contributed by atoms with E-state index in [-0.39, 0.29) is 31.3 Å². The van der Waals surface area contributed by atoms with Crippen molar-refractivity contribution in [1.82, 2.24) is 0 Å². The fourth-order valence-corrected chi connectivity index (χ4v) is 5.03. The Hall–Kier alpha value is -4.16. The van der Waals surface area contributed by atoms with Gasteiger partial charge in [-0.3, -0.25) is 10.1 Å². The Kier molecular flexibility index (Phi) is 6.21. The molecule has 176 valence electrons. The van der Waals surface area contributed by atoms with Crippen LogP contribution in [0.2, 0.25) is 0 Å². The summed E-state index contributed by atoms with van der Waals surface area (Å²) in [6.45, 7) is -0.00775. The molecule has 1 aliphatic rings. The number of aliphatic hydroxyl groups excluding tert-OH is 1. The summed E-state index contributed by atoms with van der Waals surface area (Å²) < 4.78 is 11.2. The van der Waals surface area contributed by atoms with Gasteiger partial charge in [0.25, 0.3) is 0 Å². The molecule has 0 spiro atoms. The van der Waals surface area contributed by atoms with E-state index in [1.165, 1.54) is 22.3 Å². The number of rotatable bonds is 9. The number of fused-ring (bicyclic) bond motifs is 3. The molecular formula is C29H25NO5. The molecule has 0 aliphatic heterocycles. The molecule has 0 fully saturated rings. The van der Waals surface area contributed by atoms with Gasteiger partial charge in [0, 0.05) is 4.92 Å². The molecule has 0 amide bonds. The van der Waals surface area contributed by atoms with E-state index >= 15 is 0 Å². The molecule has 0 aromatic heterocycles. The molecule has 0 unspecified atom stereocenters. The average molecular weight is 468 g/mol. The van der Waals surface area contributed by atoms with Crippen LogP contribution in [-0.2, 0) is 5.41 Å². The van der Waals surface area contributed by atoms with Crippen LogP contribution in [0, 0.1) is 10.1 Å². The second-order valence-corrected chi connectivity index (χ2v) is 8.37. The molecule has 0 radical (unpaired) electrons. The van der Waals surface area contributed by atoms with Crippen molar-refractivity contribution >= 4 is 0 Å². The SMILES string of the molecule is O=[N+]([O-])CCOc1ccc(C2(c3ccc(OCCO)cc3)c3ccccc3-c3ccccc32)cc1. The van der Waals surface area contributed by atoms with Gasteiger partial charge in [-0.25, -0.2) is 0 Å². The van der Waals surface area contributed by atoms with Gasteiger partial charge < -0.3 is 14.6 Å². The van der Waals surface area contributed by atoms with Gasteiger partial charge in [-0.1, -0.05) is 72.8 Å². The molecule has 0 heterocycles. The van der Waals surface area contributed by atoms with Gasteiger partial charge in [0.05, 0.1) is 12.0 Å². The summed E-state index contributed by atoms with van der Waals surface area (Å²) in [5.74, 6) is 1.30. The van der Waals surface area contributed by atoms with Gasteiger partial charge >= 0.3 is 0 Å². The van der Waals surface area contributed by atoms with Crippen molar-refractivity contribution in [2.75, 3.05) is 26.4 Å². The Morgan fingerprint density at radius 1 is 0.686 bits per heavy atom. The van der Waals surface area contributed by atoms with Crippen molar-refractivity contribution in [2.24, 2.45) is 0 Å². The molecule has 5 rings (SSSR count). The van der Waals surface area contributed by atoms with E-state index in [4.69, 9.17) is 14.6 Å².